The van der Waals surface area contributed by atoms with Gasteiger partial charge >= 0.3 is 0 Å². The van der Waals surface area contributed by atoms with Gasteiger partial charge in [0.05, 0.1) is 6.10 Å². The van der Waals surface area contributed by atoms with Crippen LogP contribution >= 0.6 is 0 Å². The third-order valence-electron chi connectivity index (χ3n) is 5.42. The van der Waals surface area contributed by atoms with Gasteiger partial charge in [0.15, 0.2) is 0 Å². The van der Waals surface area contributed by atoms with Crippen LogP contribution < -0.4 is 0 Å². The molecule has 0 bridgehead atoms. The topological polar surface area (TPSA) is 20.2 Å². The molecule has 100 valence electrons. The van der Waals surface area contributed by atoms with E-state index in [9.17, 15) is 5.11 Å². The van der Waals surface area contributed by atoms with Gasteiger partial charge in [-0.3, -0.25) is 0 Å². The summed E-state index contributed by atoms with van der Waals surface area (Å²) in [6.07, 6.45) is 12.3. The van der Waals surface area contributed by atoms with Crippen LogP contribution in [-0.4, -0.2) is 11.2 Å². The molecule has 0 heterocycles. The summed E-state index contributed by atoms with van der Waals surface area (Å²) in [7, 11) is 0. The zero-order chi connectivity index (χ0) is 12.3. The highest BCUT2D eigenvalue weighted by atomic mass is 16.3. The van der Waals surface area contributed by atoms with Crippen molar-refractivity contribution in [2.75, 3.05) is 0 Å². The molecule has 17 heavy (non-hydrogen) atoms. The molecule has 2 fully saturated rings. The van der Waals surface area contributed by atoms with E-state index < -0.39 is 0 Å². The second kappa shape index (κ2) is 6.22. The summed E-state index contributed by atoms with van der Waals surface area (Å²) in [6, 6.07) is 0. The number of hydrogen-bond acceptors (Lipinski definition) is 1. The summed E-state index contributed by atoms with van der Waals surface area (Å²) in [4.78, 5) is 0. The molecular weight excluding hydrogens is 208 g/mol. The fourth-order valence-electron chi connectivity index (χ4n) is 4.21. The van der Waals surface area contributed by atoms with E-state index in [1.165, 1.54) is 51.4 Å². The van der Waals surface area contributed by atoms with Crippen molar-refractivity contribution in [2.45, 2.75) is 77.7 Å². The SMILES string of the molecule is CCC[C@H]1CC[C@H](C2CCC(O)C(C)C2)CC1. The van der Waals surface area contributed by atoms with Crippen molar-refractivity contribution in [1.82, 2.24) is 0 Å². The molecule has 0 amide bonds. The first-order chi connectivity index (χ1) is 8.20. The van der Waals surface area contributed by atoms with Crippen LogP contribution in [0, 0.1) is 23.7 Å². The lowest BCUT2D eigenvalue weighted by Crippen LogP contribution is -2.32. The van der Waals surface area contributed by atoms with Crippen molar-refractivity contribution in [3.8, 4) is 0 Å². The van der Waals surface area contributed by atoms with E-state index in [4.69, 9.17) is 0 Å². The number of hydrogen-bond donors (Lipinski definition) is 1. The Labute approximate surface area is 107 Å². The van der Waals surface area contributed by atoms with E-state index in [1.807, 2.05) is 0 Å². The Bertz CT molecular complexity index is 218. The lowest BCUT2D eigenvalue weighted by molar-refractivity contribution is 0.0327. The zero-order valence-electron chi connectivity index (χ0n) is 11.7. The monoisotopic (exact) mass is 238 g/mol. The fraction of sp³-hybridized carbons (Fsp3) is 1.00. The molecule has 1 nitrogen and oxygen atoms in total. The molecule has 0 saturated heterocycles. The lowest BCUT2D eigenvalue weighted by atomic mass is 9.68. The predicted molar refractivity (Wildman–Crippen MR) is 72.9 cm³/mol. The van der Waals surface area contributed by atoms with E-state index in [2.05, 4.69) is 13.8 Å². The minimum atomic E-state index is -0.0114. The van der Waals surface area contributed by atoms with Crippen LogP contribution in [0.15, 0.2) is 0 Å². The maximum atomic E-state index is 9.81. The van der Waals surface area contributed by atoms with Gasteiger partial charge < -0.3 is 5.11 Å². The molecule has 0 aromatic carbocycles. The molecule has 3 atom stereocenters. The average Bonchev–Trinajstić information content (AvgIpc) is 2.34. The van der Waals surface area contributed by atoms with Crippen molar-refractivity contribution >= 4 is 0 Å². The first kappa shape index (κ1) is 13.4. The standard InChI is InChI=1S/C16H30O/c1-3-4-13-5-7-14(8-6-13)15-9-10-16(17)12(2)11-15/h12-17H,3-11H2,1-2H3/t12?,13-,14-,15?,16?. The van der Waals surface area contributed by atoms with Crippen LogP contribution in [0.2, 0.25) is 0 Å². The first-order valence-corrected chi connectivity index (χ1v) is 7.88. The quantitative estimate of drug-likeness (QED) is 0.773. The Balaban J connectivity index is 1.77. The Morgan fingerprint density at radius 3 is 2.18 bits per heavy atom. The second-order valence-corrected chi connectivity index (χ2v) is 6.69. The van der Waals surface area contributed by atoms with Gasteiger partial charge in [-0.05, 0) is 55.8 Å². The van der Waals surface area contributed by atoms with E-state index >= 15 is 0 Å². The number of aliphatic hydroxyl groups excluding tert-OH is 1. The molecule has 2 aliphatic carbocycles. The lowest BCUT2D eigenvalue weighted by Gasteiger charge is -2.39. The third kappa shape index (κ3) is 3.47. The Kier molecular flexibility index (Phi) is 4.90. The minimum absolute atomic E-state index is 0.0114. The minimum Gasteiger partial charge on any atom is -0.393 e. The van der Waals surface area contributed by atoms with Crippen LogP contribution in [0.4, 0.5) is 0 Å². The zero-order valence-corrected chi connectivity index (χ0v) is 11.7. The molecule has 1 heteroatoms. The molecule has 0 spiro atoms. The Morgan fingerprint density at radius 1 is 0.941 bits per heavy atom. The van der Waals surface area contributed by atoms with E-state index in [-0.39, 0.29) is 6.10 Å². The molecule has 0 aliphatic heterocycles. The van der Waals surface area contributed by atoms with Gasteiger partial charge in [-0.2, -0.15) is 0 Å². The van der Waals surface area contributed by atoms with Gasteiger partial charge in [0.2, 0.25) is 0 Å². The molecule has 0 radical (unpaired) electrons. The maximum absolute atomic E-state index is 9.81. The molecule has 1 N–H and O–H groups in total. The van der Waals surface area contributed by atoms with Crippen LogP contribution in [-0.2, 0) is 0 Å². The van der Waals surface area contributed by atoms with E-state index in [0.717, 1.165) is 24.2 Å². The van der Waals surface area contributed by atoms with Gasteiger partial charge in [-0.1, -0.05) is 39.5 Å². The highest BCUT2D eigenvalue weighted by Crippen LogP contribution is 2.42. The third-order valence-corrected chi connectivity index (χ3v) is 5.42. The molecule has 2 rings (SSSR count). The normalized spacial score (nSPS) is 43.6. The summed E-state index contributed by atoms with van der Waals surface area (Å²) in [5.74, 6) is 3.49. The van der Waals surface area contributed by atoms with Crippen LogP contribution in [0.5, 0.6) is 0 Å². The number of rotatable bonds is 3. The molecule has 0 aromatic rings. The summed E-state index contributed by atoms with van der Waals surface area (Å²) in [5, 5.41) is 9.81. The van der Waals surface area contributed by atoms with Crippen molar-refractivity contribution in [3.63, 3.8) is 0 Å². The summed E-state index contributed by atoms with van der Waals surface area (Å²) >= 11 is 0. The smallest absolute Gasteiger partial charge is 0.0566 e. The van der Waals surface area contributed by atoms with Crippen molar-refractivity contribution in [2.24, 2.45) is 23.7 Å². The van der Waals surface area contributed by atoms with Gasteiger partial charge in [0.25, 0.3) is 0 Å². The van der Waals surface area contributed by atoms with Crippen molar-refractivity contribution in [1.29, 1.82) is 0 Å². The van der Waals surface area contributed by atoms with Gasteiger partial charge in [-0.15, -0.1) is 0 Å². The van der Waals surface area contributed by atoms with Gasteiger partial charge in [0, 0.05) is 0 Å². The molecule has 3 unspecified atom stereocenters. The summed E-state index contributed by atoms with van der Waals surface area (Å²) in [6.45, 7) is 4.55. The molecule has 2 saturated carbocycles. The van der Waals surface area contributed by atoms with Gasteiger partial charge in [0.1, 0.15) is 0 Å². The molecular formula is C16H30O. The fourth-order valence-corrected chi connectivity index (χ4v) is 4.21. The Morgan fingerprint density at radius 2 is 1.59 bits per heavy atom. The highest BCUT2D eigenvalue weighted by Gasteiger charge is 2.33. The van der Waals surface area contributed by atoms with Crippen molar-refractivity contribution in [3.05, 3.63) is 0 Å². The summed E-state index contributed by atoms with van der Waals surface area (Å²) in [5.41, 5.74) is 0. The average molecular weight is 238 g/mol. The second-order valence-electron chi connectivity index (χ2n) is 6.69. The van der Waals surface area contributed by atoms with Crippen LogP contribution in [0.3, 0.4) is 0 Å². The molecule has 2 aliphatic rings. The number of aliphatic hydroxyl groups is 1. The van der Waals surface area contributed by atoms with Crippen LogP contribution in [0.25, 0.3) is 0 Å². The first-order valence-electron chi connectivity index (χ1n) is 7.88. The highest BCUT2D eigenvalue weighted by molar-refractivity contribution is 4.84. The largest absolute Gasteiger partial charge is 0.393 e. The van der Waals surface area contributed by atoms with Crippen molar-refractivity contribution < 1.29 is 5.11 Å². The van der Waals surface area contributed by atoms with Gasteiger partial charge in [-0.25, -0.2) is 0 Å². The van der Waals surface area contributed by atoms with Crippen LogP contribution in [0.1, 0.15) is 71.6 Å². The van der Waals surface area contributed by atoms with E-state index in [0.29, 0.717) is 5.92 Å². The molecule has 0 aromatic heterocycles. The predicted octanol–water partition coefficient (Wildman–Crippen LogP) is 4.39. The maximum Gasteiger partial charge on any atom is 0.0566 e. The Hall–Kier alpha value is -0.0400. The summed E-state index contributed by atoms with van der Waals surface area (Å²) < 4.78 is 0. The van der Waals surface area contributed by atoms with E-state index in [1.54, 1.807) is 0 Å².